The molecule has 0 radical (unpaired) electrons. The van der Waals surface area contributed by atoms with Crippen LogP contribution < -0.4 is 5.73 Å². The Morgan fingerprint density at radius 1 is 1.19 bits per heavy atom. The second-order valence-electron chi connectivity index (χ2n) is 6.34. The zero-order chi connectivity index (χ0) is 16.0. The van der Waals surface area contributed by atoms with Gasteiger partial charge in [0.25, 0.3) is 5.91 Å². The van der Waals surface area contributed by atoms with Crippen LogP contribution in [-0.2, 0) is 6.42 Å². The highest BCUT2D eigenvalue weighted by Gasteiger charge is 2.18. The molecule has 21 heavy (non-hydrogen) atoms. The average molecular weight is 306 g/mol. The lowest BCUT2D eigenvalue weighted by Crippen LogP contribution is -2.37. The van der Waals surface area contributed by atoms with E-state index in [2.05, 4.69) is 27.7 Å². The van der Waals surface area contributed by atoms with Gasteiger partial charge in [-0.15, -0.1) is 0 Å². The summed E-state index contributed by atoms with van der Waals surface area (Å²) >= 11 is 4.93. The number of hydrogen-bond donors (Lipinski definition) is 1. The molecule has 1 aromatic rings. The van der Waals surface area contributed by atoms with E-state index in [4.69, 9.17) is 18.0 Å². The molecule has 0 aliphatic heterocycles. The monoisotopic (exact) mass is 306 g/mol. The Morgan fingerprint density at radius 3 is 2.24 bits per heavy atom. The zero-order valence-electron chi connectivity index (χ0n) is 13.4. The molecule has 0 aliphatic carbocycles. The van der Waals surface area contributed by atoms with Crippen molar-refractivity contribution in [3.63, 3.8) is 0 Å². The van der Waals surface area contributed by atoms with Crippen molar-refractivity contribution in [2.75, 3.05) is 13.1 Å². The van der Waals surface area contributed by atoms with Crippen LogP contribution in [0.3, 0.4) is 0 Å². The van der Waals surface area contributed by atoms with Gasteiger partial charge in [0.2, 0.25) is 0 Å². The molecule has 0 atom stereocenters. The molecule has 0 aromatic heterocycles. The van der Waals surface area contributed by atoms with Gasteiger partial charge in [-0.25, -0.2) is 0 Å². The van der Waals surface area contributed by atoms with Gasteiger partial charge in [0, 0.05) is 25.1 Å². The highest BCUT2D eigenvalue weighted by molar-refractivity contribution is 7.80. The number of amides is 1. The number of rotatable bonds is 7. The molecule has 3 nitrogen and oxygen atoms in total. The van der Waals surface area contributed by atoms with Gasteiger partial charge in [0.05, 0.1) is 4.99 Å². The summed E-state index contributed by atoms with van der Waals surface area (Å²) in [5.41, 5.74) is 7.28. The maximum Gasteiger partial charge on any atom is 0.253 e. The van der Waals surface area contributed by atoms with E-state index in [1.54, 1.807) is 0 Å². The van der Waals surface area contributed by atoms with Crippen molar-refractivity contribution >= 4 is 23.1 Å². The van der Waals surface area contributed by atoms with E-state index in [0.717, 1.165) is 18.7 Å². The molecule has 0 saturated carbocycles. The number of carbonyl (C=O) groups is 1. The summed E-state index contributed by atoms with van der Waals surface area (Å²) in [6, 6.07) is 7.60. The lowest BCUT2D eigenvalue weighted by molar-refractivity contribution is 0.0715. The third-order valence-corrected chi connectivity index (χ3v) is 3.15. The summed E-state index contributed by atoms with van der Waals surface area (Å²) in [6.45, 7) is 10.1. The van der Waals surface area contributed by atoms with Crippen LogP contribution in [0.5, 0.6) is 0 Å². The number of carbonyl (C=O) groups excluding carboxylic acids is 1. The van der Waals surface area contributed by atoms with Gasteiger partial charge < -0.3 is 10.6 Å². The number of benzene rings is 1. The molecule has 0 spiro atoms. The molecule has 1 rings (SSSR count). The number of thiocarbonyl (C=S) groups is 1. The first-order valence-corrected chi connectivity index (χ1v) is 7.87. The van der Waals surface area contributed by atoms with Crippen molar-refractivity contribution in [3.8, 4) is 0 Å². The topological polar surface area (TPSA) is 46.3 Å². The smallest absolute Gasteiger partial charge is 0.253 e. The van der Waals surface area contributed by atoms with E-state index in [-0.39, 0.29) is 5.91 Å². The minimum absolute atomic E-state index is 0.0854. The standard InChI is InChI=1S/C17H26N2OS/c1-12(2)10-19(11-13(3)4)17(20)15-7-5-6-14(8-15)9-16(18)21/h5-8,12-13H,9-11H2,1-4H3,(H2,18,21). The summed E-state index contributed by atoms with van der Waals surface area (Å²) in [6.07, 6.45) is 0.533. The molecule has 0 fully saturated rings. The Balaban J connectivity index is 2.94. The molecule has 1 aromatic carbocycles. The molecular weight excluding hydrogens is 280 g/mol. The largest absolute Gasteiger partial charge is 0.393 e. The van der Waals surface area contributed by atoms with Crippen LogP contribution in [0.4, 0.5) is 0 Å². The van der Waals surface area contributed by atoms with Crippen LogP contribution in [0.15, 0.2) is 24.3 Å². The van der Waals surface area contributed by atoms with Crippen LogP contribution in [0.25, 0.3) is 0 Å². The predicted octanol–water partition coefficient (Wildman–Crippen LogP) is 3.27. The van der Waals surface area contributed by atoms with Crippen molar-refractivity contribution in [2.45, 2.75) is 34.1 Å². The Bertz CT molecular complexity index is 487. The fourth-order valence-electron chi connectivity index (χ4n) is 2.32. The molecule has 0 saturated heterocycles. The van der Waals surface area contributed by atoms with Crippen molar-refractivity contribution in [3.05, 3.63) is 35.4 Å². The SMILES string of the molecule is CC(C)CN(CC(C)C)C(=O)c1cccc(CC(N)=S)c1. The molecule has 0 aliphatic rings. The first-order valence-electron chi connectivity index (χ1n) is 7.46. The molecule has 116 valence electrons. The van der Waals surface area contributed by atoms with Gasteiger partial charge >= 0.3 is 0 Å². The van der Waals surface area contributed by atoms with Gasteiger partial charge in [-0.2, -0.15) is 0 Å². The summed E-state index contributed by atoms with van der Waals surface area (Å²) in [7, 11) is 0. The molecule has 2 N–H and O–H groups in total. The Labute approximate surface area is 133 Å². The Morgan fingerprint density at radius 2 is 1.76 bits per heavy atom. The van der Waals surface area contributed by atoms with Gasteiger partial charge in [-0.3, -0.25) is 4.79 Å². The summed E-state index contributed by atoms with van der Waals surface area (Å²) < 4.78 is 0. The second kappa shape index (κ2) is 8.13. The quantitative estimate of drug-likeness (QED) is 0.786. The first kappa shape index (κ1) is 17.6. The lowest BCUT2D eigenvalue weighted by atomic mass is 10.1. The zero-order valence-corrected chi connectivity index (χ0v) is 14.2. The minimum Gasteiger partial charge on any atom is -0.393 e. The van der Waals surface area contributed by atoms with Gasteiger partial charge in [-0.1, -0.05) is 52.0 Å². The van der Waals surface area contributed by atoms with Crippen LogP contribution >= 0.6 is 12.2 Å². The van der Waals surface area contributed by atoms with E-state index in [0.29, 0.717) is 28.8 Å². The Kier molecular flexibility index (Phi) is 6.82. The normalized spacial score (nSPS) is 11.0. The van der Waals surface area contributed by atoms with Crippen molar-refractivity contribution < 1.29 is 4.79 Å². The predicted molar refractivity (Wildman–Crippen MR) is 92.5 cm³/mol. The van der Waals surface area contributed by atoms with Crippen molar-refractivity contribution in [1.29, 1.82) is 0 Å². The molecular formula is C17H26N2OS. The number of nitrogens with zero attached hydrogens (tertiary/aromatic N) is 1. The van der Waals surface area contributed by atoms with Crippen LogP contribution in [0, 0.1) is 11.8 Å². The maximum atomic E-state index is 12.7. The lowest BCUT2D eigenvalue weighted by Gasteiger charge is -2.26. The van der Waals surface area contributed by atoms with E-state index in [9.17, 15) is 4.79 Å². The van der Waals surface area contributed by atoms with E-state index in [1.807, 2.05) is 29.2 Å². The van der Waals surface area contributed by atoms with Gasteiger partial charge in [-0.05, 0) is 29.5 Å². The molecule has 1 amide bonds. The summed E-state index contributed by atoms with van der Waals surface area (Å²) in [5.74, 6) is 0.988. The second-order valence-corrected chi connectivity index (χ2v) is 6.87. The van der Waals surface area contributed by atoms with Gasteiger partial charge in [0.1, 0.15) is 0 Å². The Hall–Kier alpha value is -1.42. The van der Waals surface area contributed by atoms with Crippen LogP contribution in [-0.4, -0.2) is 28.9 Å². The molecule has 4 heteroatoms. The summed E-state index contributed by atoms with van der Waals surface area (Å²) in [4.78, 5) is 15.1. The molecule has 0 unspecified atom stereocenters. The van der Waals surface area contributed by atoms with Gasteiger partial charge in [0.15, 0.2) is 0 Å². The minimum atomic E-state index is 0.0854. The highest BCUT2D eigenvalue weighted by atomic mass is 32.1. The van der Waals surface area contributed by atoms with Crippen molar-refractivity contribution in [1.82, 2.24) is 4.90 Å². The third kappa shape index (κ3) is 6.25. The maximum absolute atomic E-state index is 12.7. The third-order valence-electron chi connectivity index (χ3n) is 3.01. The molecule has 0 heterocycles. The van der Waals surface area contributed by atoms with E-state index < -0.39 is 0 Å². The first-order chi connectivity index (χ1) is 9.79. The average Bonchev–Trinajstić information content (AvgIpc) is 2.35. The number of hydrogen-bond acceptors (Lipinski definition) is 2. The van der Waals surface area contributed by atoms with E-state index in [1.165, 1.54) is 0 Å². The summed E-state index contributed by atoms with van der Waals surface area (Å²) in [5, 5.41) is 0. The number of nitrogens with two attached hydrogens (primary N) is 1. The fourth-order valence-corrected chi connectivity index (χ4v) is 2.49. The van der Waals surface area contributed by atoms with Crippen molar-refractivity contribution in [2.24, 2.45) is 17.6 Å². The fraction of sp³-hybridized carbons (Fsp3) is 0.529. The van der Waals surface area contributed by atoms with Crippen LogP contribution in [0.2, 0.25) is 0 Å². The van der Waals surface area contributed by atoms with E-state index >= 15 is 0 Å². The molecule has 0 bridgehead atoms. The van der Waals surface area contributed by atoms with Crippen LogP contribution in [0.1, 0.15) is 43.6 Å². The highest BCUT2D eigenvalue weighted by Crippen LogP contribution is 2.13.